The molecule has 0 atom stereocenters. The highest BCUT2D eigenvalue weighted by atomic mass is 19.1. The summed E-state index contributed by atoms with van der Waals surface area (Å²) in [4.78, 5) is 2.12. The maximum Gasteiger partial charge on any atom is 0.127 e. The first-order valence-electron chi connectivity index (χ1n) is 5.13. The third kappa shape index (κ3) is 2.73. The van der Waals surface area contributed by atoms with Crippen molar-refractivity contribution in [3.63, 3.8) is 0 Å². The van der Waals surface area contributed by atoms with Crippen molar-refractivity contribution in [3.05, 3.63) is 35.4 Å². The molecule has 2 rings (SSSR count). The summed E-state index contributed by atoms with van der Waals surface area (Å²) in [6.07, 6.45) is 0. The molecule has 0 aliphatic carbocycles. The van der Waals surface area contributed by atoms with Crippen LogP contribution >= 0.6 is 0 Å². The molecule has 15 heavy (non-hydrogen) atoms. The molecule has 0 bridgehead atoms. The highest BCUT2D eigenvalue weighted by Crippen LogP contribution is 2.12. The van der Waals surface area contributed by atoms with E-state index in [2.05, 4.69) is 10.2 Å². The van der Waals surface area contributed by atoms with Crippen LogP contribution < -0.4 is 5.32 Å². The molecule has 1 saturated heterocycles. The van der Waals surface area contributed by atoms with Crippen LogP contribution in [0.2, 0.25) is 0 Å². The molecule has 1 fully saturated rings. The SMILES string of the molecule is Fc1ccc(F)c(CN2CCNCC2)c1. The van der Waals surface area contributed by atoms with Crippen LogP contribution in [0.4, 0.5) is 8.78 Å². The number of nitrogens with zero attached hydrogens (tertiary/aromatic N) is 1. The Kier molecular flexibility index (Phi) is 3.28. The summed E-state index contributed by atoms with van der Waals surface area (Å²) in [5.41, 5.74) is 0.442. The van der Waals surface area contributed by atoms with Crippen molar-refractivity contribution in [3.8, 4) is 0 Å². The minimum Gasteiger partial charge on any atom is -0.314 e. The van der Waals surface area contributed by atoms with Gasteiger partial charge >= 0.3 is 0 Å². The predicted molar refractivity (Wildman–Crippen MR) is 54.5 cm³/mol. The quantitative estimate of drug-likeness (QED) is 0.796. The van der Waals surface area contributed by atoms with Gasteiger partial charge in [0.05, 0.1) is 0 Å². The van der Waals surface area contributed by atoms with Crippen LogP contribution in [-0.2, 0) is 6.54 Å². The van der Waals surface area contributed by atoms with Gasteiger partial charge in [0, 0.05) is 38.3 Å². The van der Waals surface area contributed by atoms with Crippen molar-refractivity contribution in [2.45, 2.75) is 6.54 Å². The zero-order chi connectivity index (χ0) is 10.7. The van der Waals surface area contributed by atoms with E-state index in [-0.39, 0.29) is 11.6 Å². The van der Waals surface area contributed by atoms with E-state index >= 15 is 0 Å². The Bertz CT molecular complexity index is 335. The van der Waals surface area contributed by atoms with E-state index in [1.165, 1.54) is 12.1 Å². The number of hydrogen-bond donors (Lipinski definition) is 1. The first-order chi connectivity index (χ1) is 7.25. The molecule has 0 amide bonds. The minimum atomic E-state index is -0.374. The number of hydrogen-bond acceptors (Lipinski definition) is 2. The van der Waals surface area contributed by atoms with E-state index in [4.69, 9.17) is 0 Å². The van der Waals surface area contributed by atoms with E-state index in [1.807, 2.05) is 0 Å². The van der Waals surface area contributed by atoms with E-state index < -0.39 is 0 Å². The fraction of sp³-hybridized carbons (Fsp3) is 0.455. The maximum atomic E-state index is 13.3. The van der Waals surface area contributed by atoms with Crippen molar-refractivity contribution in [2.24, 2.45) is 0 Å². The first kappa shape index (κ1) is 10.5. The van der Waals surface area contributed by atoms with Crippen LogP contribution in [0, 0.1) is 11.6 Å². The summed E-state index contributed by atoms with van der Waals surface area (Å²) in [7, 11) is 0. The van der Waals surface area contributed by atoms with Gasteiger partial charge in [-0.1, -0.05) is 0 Å². The lowest BCUT2D eigenvalue weighted by atomic mass is 10.2. The molecule has 1 aliphatic heterocycles. The third-order valence-electron chi connectivity index (χ3n) is 2.61. The van der Waals surface area contributed by atoms with Gasteiger partial charge in [-0.2, -0.15) is 0 Å². The van der Waals surface area contributed by atoms with Crippen molar-refractivity contribution >= 4 is 0 Å². The van der Waals surface area contributed by atoms with Crippen LogP contribution in [0.15, 0.2) is 18.2 Å². The predicted octanol–water partition coefficient (Wildman–Crippen LogP) is 1.37. The second kappa shape index (κ2) is 4.68. The number of rotatable bonds is 2. The first-order valence-corrected chi connectivity index (χ1v) is 5.13. The lowest BCUT2D eigenvalue weighted by molar-refractivity contribution is 0.230. The van der Waals surface area contributed by atoms with E-state index in [1.54, 1.807) is 0 Å². The molecule has 1 N–H and O–H groups in total. The highest BCUT2D eigenvalue weighted by Gasteiger charge is 2.12. The largest absolute Gasteiger partial charge is 0.314 e. The van der Waals surface area contributed by atoms with Gasteiger partial charge in [0.2, 0.25) is 0 Å². The lowest BCUT2D eigenvalue weighted by Crippen LogP contribution is -2.43. The Labute approximate surface area is 87.9 Å². The smallest absolute Gasteiger partial charge is 0.127 e. The third-order valence-corrected chi connectivity index (χ3v) is 2.61. The van der Waals surface area contributed by atoms with Gasteiger partial charge in [-0.05, 0) is 18.2 Å². The summed E-state index contributed by atoms with van der Waals surface area (Å²) >= 11 is 0. The van der Waals surface area contributed by atoms with Gasteiger partial charge in [-0.3, -0.25) is 4.90 Å². The average Bonchev–Trinajstić information content (AvgIpc) is 2.25. The topological polar surface area (TPSA) is 15.3 Å². The van der Waals surface area contributed by atoms with Crippen LogP contribution in [0.25, 0.3) is 0 Å². The molecule has 0 saturated carbocycles. The summed E-state index contributed by atoms with van der Waals surface area (Å²) in [5, 5.41) is 3.22. The monoisotopic (exact) mass is 212 g/mol. The van der Waals surface area contributed by atoms with Crippen LogP contribution in [0.5, 0.6) is 0 Å². The van der Waals surface area contributed by atoms with Gasteiger partial charge < -0.3 is 5.32 Å². The summed E-state index contributed by atoms with van der Waals surface area (Å²) < 4.78 is 26.2. The minimum absolute atomic E-state index is 0.324. The Morgan fingerprint density at radius 3 is 2.67 bits per heavy atom. The molecule has 1 aromatic carbocycles. The number of nitrogens with one attached hydrogen (secondary N) is 1. The molecule has 2 nitrogen and oxygen atoms in total. The van der Waals surface area contributed by atoms with Crippen LogP contribution in [0.3, 0.4) is 0 Å². The van der Waals surface area contributed by atoms with Gasteiger partial charge in [-0.25, -0.2) is 8.78 Å². The second-order valence-electron chi connectivity index (χ2n) is 3.76. The van der Waals surface area contributed by atoms with Crippen molar-refractivity contribution in [2.75, 3.05) is 26.2 Å². The zero-order valence-electron chi connectivity index (χ0n) is 8.47. The Morgan fingerprint density at radius 1 is 1.20 bits per heavy atom. The molecular weight excluding hydrogens is 198 g/mol. The molecule has 1 aliphatic rings. The van der Waals surface area contributed by atoms with Crippen LogP contribution in [-0.4, -0.2) is 31.1 Å². The van der Waals surface area contributed by atoms with E-state index in [0.717, 1.165) is 32.2 Å². The van der Waals surface area contributed by atoms with E-state index in [9.17, 15) is 8.78 Å². The summed E-state index contributed by atoms with van der Waals surface area (Å²) in [6, 6.07) is 3.61. The van der Waals surface area contributed by atoms with Gasteiger partial charge in [0.25, 0.3) is 0 Å². The molecular formula is C11H14F2N2. The van der Waals surface area contributed by atoms with Crippen molar-refractivity contribution in [1.29, 1.82) is 0 Å². The Morgan fingerprint density at radius 2 is 1.93 bits per heavy atom. The molecule has 1 aromatic rings. The van der Waals surface area contributed by atoms with Gasteiger partial charge in [0.1, 0.15) is 11.6 Å². The summed E-state index contributed by atoms with van der Waals surface area (Å²) in [5.74, 6) is -0.698. The second-order valence-corrected chi connectivity index (χ2v) is 3.76. The molecule has 0 radical (unpaired) electrons. The highest BCUT2D eigenvalue weighted by molar-refractivity contribution is 5.18. The lowest BCUT2D eigenvalue weighted by Gasteiger charge is -2.27. The molecule has 4 heteroatoms. The maximum absolute atomic E-state index is 13.3. The summed E-state index contributed by atoms with van der Waals surface area (Å²) in [6.45, 7) is 4.09. The van der Waals surface area contributed by atoms with Crippen molar-refractivity contribution < 1.29 is 8.78 Å². The fourth-order valence-corrected chi connectivity index (χ4v) is 1.77. The molecule has 0 spiro atoms. The molecule has 0 unspecified atom stereocenters. The standard InChI is InChI=1S/C11H14F2N2/c12-10-1-2-11(13)9(7-10)8-15-5-3-14-4-6-15/h1-2,7,14H,3-6,8H2. The Hall–Kier alpha value is -1.00. The normalized spacial score (nSPS) is 18.0. The molecule has 0 aromatic heterocycles. The average molecular weight is 212 g/mol. The van der Waals surface area contributed by atoms with Gasteiger partial charge in [0.15, 0.2) is 0 Å². The van der Waals surface area contributed by atoms with Gasteiger partial charge in [-0.15, -0.1) is 0 Å². The molecule has 1 heterocycles. The molecule has 82 valence electrons. The zero-order valence-corrected chi connectivity index (χ0v) is 8.47. The van der Waals surface area contributed by atoms with E-state index in [0.29, 0.717) is 12.1 Å². The Balaban J connectivity index is 2.05. The van der Waals surface area contributed by atoms with Crippen LogP contribution in [0.1, 0.15) is 5.56 Å². The van der Waals surface area contributed by atoms with Crippen molar-refractivity contribution in [1.82, 2.24) is 10.2 Å². The number of piperazine rings is 1. The fourth-order valence-electron chi connectivity index (χ4n) is 1.77. The number of halogens is 2. The number of benzene rings is 1.